The van der Waals surface area contributed by atoms with Crippen LogP contribution >= 0.6 is 0 Å². The first-order valence-electron chi connectivity index (χ1n) is 11.4. The van der Waals surface area contributed by atoms with Crippen LogP contribution in [0.25, 0.3) is 11.1 Å². The van der Waals surface area contributed by atoms with Gasteiger partial charge in [0.15, 0.2) is 0 Å². The Morgan fingerprint density at radius 3 is 2.65 bits per heavy atom. The zero-order valence-corrected chi connectivity index (χ0v) is 19.6. The number of amides is 1. The fourth-order valence-corrected chi connectivity index (χ4v) is 4.59. The molecule has 2 aromatic heterocycles. The molecule has 3 heterocycles. The maximum atomic E-state index is 13.8. The van der Waals surface area contributed by atoms with E-state index < -0.39 is 11.7 Å². The number of carbonyl (C=O) groups excluding carboxylic acids is 1. The van der Waals surface area contributed by atoms with Crippen molar-refractivity contribution in [2.24, 2.45) is 13.0 Å². The Morgan fingerprint density at radius 1 is 1.21 bits per heavy atom. The maximum Gasteiger partial charge on any atom is 0.417 e. The second-order valence-corrected chi connectivity index (χ2v) is 9.11. The van der Waals surface area contributed by atoms with Crippen molar-refractivity contribution in [3.63, 3.8) is 0 Å². The number of hydrogen-bond donors (Lipinski definition) is 1. The predicted octanol–water partition coefficient (Wildman–Crippen LogP) is 5.77. The van der Waals surface area contributed by atoms with Crippen LogP contribution in [-0.2, 0) is 13.2 Å². The normalized spacial score (nSPS) is 18.7. The molecule has 8 heteroatoms. The van der Waals surface area contributed by atoms with Crippen LogP contribution in [0.3, 0.4) is 0 Å². The third-order valence-corrected chi connectivity index (χ3v) is 6.51. The Balaban J connectivity index is 1.57. The molecule has 0 bridgehead atoms. The number of alkyl halides is 3. The molecular weight excluding hydrogens is 441 g/mol. The Labute approximate surface area is 197 Å². The van der Waals surface area contributed by atoms with E-state index in [9.17, 15) is 18.0 Å². The minimum atomic E-state index is -4.42. The van der Waals surface area contributed by atoms with E-state index in [-0.39, 0.29) is 17.9 Å². The summed E-state index contributed by atoms with van der Waals surface area (Å²) in [5, 5.41) is 3.15. The molecule has 0 aliphatic carbocycles. The van der Waals surface area contributed by atoms with Crippen molar-refractivity contribution in [2.75, 3.05) is 18.4 Å². The number of pyridine rings is 1. The van der Waals surface area contributed by atoms with Gasteiger partial charge in [0.25, 0.3) is 5.91 Å². The van der Waals surface area contributed by atoms with Gasteiger partial charge in [0.05, 0.1) is 11.6 Å². The number of halogens is 3. The van der Waals surface area contributed by atoms with Crippen LogP contribution in [-0.4, -0.2) is 39.5 Å². The van der Waals surface area contributed by atoms with E-state index in [1.54, 1.807) is 0 Å². The number of anilines is 1. The van der Waals surface area contributed by atoms with Crippen LogP contribution in [0.5, 0.6) is 0 Å². The molecule has 0 spiro atoms. The molecule has 1 aromatic carbocycles. The monoisotopic (exact) mass is 470 g/mol. The van der Waals surface area contributed by atoms with Crippen LogP contribution in [0.15, 0.2) is 55.0 Å². The molecule has 2 atom stereocenters. The molecule has 2 unspecified atom stereocenters. The number of carbonyl (C=O) groups is 1. The molecule has 34 heavy (non-hydrogen) atoms. The fourth-order valence-electron chi connectivity index (χ4n) is 4.59. The summed E-state index contributed by atoms with van der Waals surface area (Å²) in [5.74, 6) is 0.574. The molecule has 5 nitrogen and oxygen atoms in total. The highest BCUT2D eigenvalue weighted by Gasteiger charge is 2.34. The number of benzene rings is 1. The first-order valence-corrected chi connectivity index (χ1v) is 11.4. The summed E-state index contributed by atoms with van der Waals surface area (Å²) in [6, 6.07) is 10.2. The molecule has 4 rings (SSSR count). The smallest absolute Gasteiger partial charge is 0.368 e. The molecule has 1 amide bonds. The van der Waals surface area contributed by atoms with Crippen LogP contribution < -0.4 is 5.32 Å². The lowest BCUT2D eigenvalue weighted by atomic mass is 9.89. The van der Waals surface area contributed by atoms with Crippen molar-refractivity contribution in [1.29, 1.82) is 0 Å². The topological polar surface area (TPSA) is 50.2 Å². The summed E-state index contributed by atoms with van der Waals surface area (Å²) < 4.78 is 40.4. The van der Waals surface area contributed by atoms with E-state index in [4.69, 9.17) is 0 Å². The van der Waals surface area contributed by atoms with Gasteiger partial charge >= 0.3 is 6.18 Å². The van der Waals surface area contributed by atoms with Crippen molar-refractivity contribution >= 4 is 11.7 Å². The van der Waals surface area contributed by atoms with Crippen LogP contribution in [0.4, 0.5) is 19.0 Å². The largest absolute Gasteiger partial charge is 0.417 e. The van der Waals surface area contributed by atoms with Crippen molar-refractivity contribution < 1.29 is 18.0 Å². The minimum absolute atomic E-state index is 0.0266. The van der Waals surface area contributed by atoms with Gasteiger partial charge in [0.1, 0.15) is 5.82 Å². The first-order chi connectivity index (χ1) is 16.1. The second kappa shape index (κ2) is 9.52. The quantitative estimate of drug-likeness (QED) is 0.515. The lowest BCUT2D eigenvalue weighted by Gasteiger charge is -2.40. The molecule has 1 aliphatic heterocycles. The summed E-state index contributed by atoms with van der Waals surface area (Å²) in [5.41, 5.74) is 2.77. The summed E-state index contributed by atoms with van der Waals surface area (Å²) in [7, 11) is 1.95. The third-order valence-electron chi connectivity index (χ3n) is 6.51. The molecule has 0 saturated carbocycles. The predicted molar refractivity (Wildman–Crippen MR) is 127 cm³/mol. The summed E-state index contributed by atoms with van der Waals surface area (Å²) >= 11 is 0. The van der Waals surface area contributed by atoms with Gasteiger partial charge in [0.2, 0.25) is 0 Å². The van der Waals surface area contributed by atoms with Gasteiger partial charge in [-0.2, -0.15) is 13.2 Å². The third kappa shape index (κ3) is 5.11. The first kappa shape index (κ1) is 23.9. The van der Waals surface area contributed by atoms with E-state index in [0.717, 1.165) is 41.8 Å². The SMILES string of the molecule is Cc1ccc(-c2ccn(C)c2)c(C(=O)N2CCCC(C)C2CNc2ccc(C(F)(F)F)cn2)c1. The molecule has 1 aliphatic rings. The van der Waals surface area contributed by atoms with Crippen LogP contribution in [0, 0.1) is 12.8 Å². The van der Waals surface area contributed by atoms with Crippen molar-refractivity contribution in [3.8, 4) is 11.1 Å². The van der Waals surface area contributed by atoms with E-state index in [2.05, 4.69) is 17.2 Å². The van der Waals surface area contributed by atoms with Crippen LogP contribution in [0.2, 0.25) is 0 Å². The highest BCUT2D eigenvalue weighted by Crippen LogP contribution is 2.31. The Kier molecular flexibility index (Phi) is 6.68. The zero-order valence-electron chi connectivity index (χ0n) is 19.6. The summed E-state index contributed by atoms with van der Waals surface area (Å²) in [6.07, 6.45) is 2.25. The maximum absolute atomic E-state index is 13.8. The highest BCUT2D eigenvalue weighted by molar-refractivity contribution is 6.01. The van der Waals surface area contributed by atoms with Gasteiger partial charge in [-0.1, -0.05) is 24.6 Å². The Bertz CT molecular complexity index is 1150. The molecule has 1 fully saturated rings. The number of rotatable bonds is 5. The van der Waals surface area contributed by atoms with Gasteiger partial charge in [0, 0.05) is 49.9 Å². The molecule has 3 aromatic rings. The second-order valence-electron chi connectivity index (χ2n) is 9.11. The van der Waals surface area contributed by atoms with Gasteiger partial charge in [-0.05, 0) is 55.5 Å². The average molecular weight is 471 g/mol. The number of hydrogen-bond acceptors (Lipinski definition) is 3. The number of likely N-dealkylation sites (tertiary alicyclic amines) is 1. The highest BCUT2D eigenvalue weighted by atomic mass is 19.4. The van der Waals surface area contributed by atoms with Gasteiger partial charge in [-0.3, -0.25) is 4.79 Å². The molecular formula is C26H29F3N4O. The average Bonchev–Trinajstić information content (AvgIpc) is 3.23. The van der Waals surface area contributed by atoms with E-state index in [1.807, 2.05) is 60.1 Å². The van der Waals surface area contributed by atoms with E-state index in [0.29, 0.717) is 24.5 Å². The number of nitrogens with one attached hydrogen (secondary N) is 1. The fraction of sp³-hybridized carbons (Fsp3) is 0.385. The molecule has 1 N–H and O–H groups in total. The van der Waals surface area contributed by atoms with E-state index >= 15 is 0 Å². The minimum Gasteiger partial charge on any atom is -0.368 e. The molecule has 1 saturated heterocycles. The number of nitrogens with zero attached hydrogens (tertiary/aromatic N) is 3. The zero-order chi connectivity index (χ0) is 24.5. The van der Waals surface area contributed by atoms with Gasteiger partial charge < -0.3 is 14.8 Å². The number of aryl methyl sites for hydroxylation is 2. The summed E-state index contributed by atoms with van der Waals surface area (Å²) in [4.78, 5) is 19.6. The summed E-state index contributed by atoms with van der Waals surface area (Å²) in [6.45, 7) is 5.13. The van der Waals surface area contributed by atoms with Crippen molar-refractivity contribution in [3.05, 3.63) is 71.7 Å². The molecule has 180 valence electrons. The van der Waals surface area contributed by atoms with Gasteiger partial charge in [-0.15, -0.1) is 0 Å². The van der Waals surface area contributed by atoms with Crippen molar-refractivity contribution in [2.45, 2.75) is 38.9 Å². The van der Waals surface area contributed by atoms with E-state index in [1.165, 1.54) is 6.07 Å². The number of aromatic nitrogens is 2. The lowest BCUT2D eigenvalue weighted by Crippen LogP contribution is -2.51. The molecule has 0 radical (unpaired) electrons. The lowest BCUT2D eigenvalue weighted by molar-refractivity contribution is -0.137. The standard InChI is InChI=1S/C26H29F3N4O/c1-17-6-8-21(19-10-12-32(3)16-19)22(13-17)25(34)33-11-4-5-18(2)23(33)15-31-24-9-7-20(14-30-24)26(27,28)29/h6-10,12-14,16,18,23H,4-5,11,15H2,1-3H3,(H,30,31). The number of piperidine rings is 1. The van der Waals surface area contributed by atoms with Crippen LogP contribution in [0.1, 0.15) is 41.3 Å². The van der Waals surface area contributed by atoms with Gasteiger partial charge in [-0.25, -0.2) is 4.98 Å². The van der Waals surface area contributed by atoms with Crippen molar-refractivity contribution in [1.82, 2.24) is 14.5 Å². The Morgan fingerprint density at radius 2 is 2.00 bits per heavy atom. The Hall–Kier alpha value is -3.29.